The van der Waals surface area contributed by atoms with Gasteiger partial charge in [-0.3, -0.25) is 0 Å². The predicted molar refractivity (Wildman–Crippen MR) is 98.8 cm³/mol. The number of hydrogen-bond donors (Lipinski definition) is 2. The molecule has 3 aromatic rings. The van der Waals surface area contributed by atoms with E-state index in [0.717, 1.165) is 0 Å². The molecule has 4 heterocycles. The second-order valence-electron chi connectivity index (χ2n) is 8.12. The Balaban J connectivity index is 1.83. The lowest BCUT2D eigenvalue weighted by molar-refractivity contribution is 0.128. The molecule has 2 N–H and O–H groups in total. The normalized spacial score (nSPS) is 20.4. The monoisotopic (exact) mass is 388 g/mol. The van der Waals surface area contributed by atoms with E-state index in [0.29, 0.717) is 53.7 Å². The van der Waals surface area contributed by atoms with Crippen molar-refractivity contribution in [1.82, 2.24) is 35.3 Å². The first-order valence-electron chi connectivity index (χ1n) is 9.25. The number of anilines is 1. The Kier molecular flexibility index (Phi) is 4.50. The molecule has 3 aromatic heterocycles. The van der Waals surface area contributed by atoms with Crippen LogP contribution < -0.4 is 4.90 Å². The fourth-order valence-electron chi connectivity index (χ4n) is 3.29. The van der Waals surface area contributed by atoms with Gasteiger partial charge in [-0.2, -0.15) is 4.80 Å². The smallest absolute Gasteiger partial charge is 0.207 e. The average molecular weight is 388 g/mol. The highest BCUT2D eigenvalue weighted by atomic mass is 16.6. The number of aliphatic hydroxyl groups is 2. The van der Waals surface area contributed by atoms with Crippen LogP contribution in [0, 0.1) is 6.92 Å². The van der Waals surface area contributed by atoms with Crippen molar-refractivity contribution in [3.63, 3.8) is 0 Å². The molecule has 0 amide bonds. The highest BCUT2D eigenvalue weighted by Gasteiger charge is 2.36. The summed E-state index contributed by atoms with van der Waals surface area (Å²) >= 11 is 0. The molecule has 11 nitrogen and oxygen atoms in total. The molecule has 0 radical (unpaired) electrons. The maximum absolute atomic E-state index is 10.2. The summed E-state index contributed by atoms with van der Waals surface area (Å²) in [6, 6.07) is -0.432. The van der Waals surface area contributed by atoms with Crippen LogP contribution in [0.3, 0.4) is 0 Å². The second-order valence-corrected chi connectivity index (χ2v) is 8.12. The van der Waals surface area contributed by atoms with Gasteiger partial charge in [0, 0.05) is 12.0 Å². The predicted octanol–water partition coefficient (Wildman–Crippen LogP) is 0.190. The number of aryl methyl sites for hydroxylation is 1. The Morgan fingerprint density at radius 1 is 1.18 bits per heavy atom. The zero-order valence-corrected chi connectivity index (χ0v) is 16.4. The number of aliphatic hydroxyl groups excluding tert-OH is 2. The Labute approximate surface area is 161 Å². The van der Waals surface area contributed by atoms with Gasteiger partial charge in [-0.1, -0.05) is 31.1 Å². The molecule has 11 heteroatoms. The van der Waals surface area contributed by atoms with Crippen LogP contribution in [0.4, 0.5) is 5.82 Å². The third-order valence-corrected chi connectivity index (χ3v) is 4.95. The van der Waals surface area contributed by atoms with E-state index in [9.17, 15) is 10.2 Å². The van der Waals surface area contributed by atoms with Gasteiger partial charge in [0.15, 0.2) is 11.3 Å². The average Bonchev–Trinajstić information content (AvgIpc) is 3.32. The van der Waals surface area contributed by atoms with E-state index in [1.54, 1.807) is 6.92 Å². The number of fused-ring (bicyclic) bond motifs is 1. The van der Waals surface area contributed by atoms with Gasteiger partial charge in [-0.25, -0.2) is 14.6 Å². The van der Waals surface area contributed by atoms with E-state index < -0.39 is 12.1 Å². The molecular weight excluding hydrogens is 364 g/mol. The maximum Gasteiger partial charge on any atom is 0.207 e. The molecule has 28 heavy (non-hydrogen) atoms. The molecule has 0 bridgehead atoms. The van der Waals surface area contributed by atoms with Crippen molar-refractivity contribution in [3.8, 4) is 0 Å². The summed E-state index contributed by atoms with van der Waals surface area (Å²) in [5.74, 6) is 1.20. The number of rotatable bonds is 4. The van der Waals surface area contributed by atoms with Crippen molar-refractivity contribution in [2.24, 2.45) is 0 Å². The summed E-state index contributed by atoms with van der Waals surface area (Å²) in [6.45, 7) is 8.56. The molecule has 2 atom stereocenters. The fourth-order valence-corrected chi connectivity index (χ4v) is 3.29. The topological polar surface area (TPSA) is 139 Å². The number of nitrogens with zero attached hydrogens (tertiary/aromatic N) is 8. The van der Waals surface area contributed by atoms with Gasteiger partial charge in [0.2, 0.25) is 5.65 Å². The third kappa shape index (κ3) is 3.20. The fraction of sp³-hybridized carbons (Fsp3) is 0.647. The van der Waals surface area contributed by atoms with Gasteiger partial charge in [-0.15, -0.1) is 10.2 Å². The molecule has 1 fully saturated rings. The minimum absolute atomic E-state index is 0.171. The SMILES string of the molecule is Cc1nonc1Cn1nc2nc(C(C)(C)C)nc(N3CCC(O)C3CO)c2n1. The first kappa shape index (κ1) is 18.7. The minimum Gasteiger partial charge on any atom is -0.394 e. The number of hydrogen-bond acceptors (Lipinski definition) is 10. The van der Waals surface area contributed by atoms with E-state index in [2.05, 4.69) is 25.5 Å². The molecule has 1 aliphatic heterocycles. The largest absolute Gasteiger partial charge is 0.394 e. The molecule has 0 aromatic carbocycles. The Hall–Kier alpha value is -2.66. The van der Waals surface area contributed by atoms with Gasteiger partial charge in [-0.05, 0) is 13.3 Å². The maximum atomic E-state index is 10.2. The lowest BCUT2D eigenvalue weighted by Gasteiger charge is -2.27. The quantitative estimate of drug-likeness (QED) is 0.636. The van der Waals surface area contributed by atoms with E-state index in [1.165, 1.54) is 4.80 Å². The molecular formula is C17H24N8O3. The van der Waals surface area contributed by atoms with E-state index in [4.69, 9.17) is 9.61 Å². The van der Waals surface area contributed by atoms with E-state index >= 15 is 0 Å². The van der Waals surface area contributed by atoms with Gasteiger partial charge in [0.25, 0.3) is 0 Å². The van der Waals surface area contributed by atoms with Crippen LogP contribution in [0.2, 0.25) is 0 Å². The van der Waals surface area contributed by atoms with Gasteiger partial charge in [0.1, 0.15) is 23.8 Å². The molecule has 1 aliphatic rings. The summed E-state index contributed by atoms with van der Waals surface area (Å²) in [7, 11) is 0. The zero-order valence-electron chi connectivity index (χ0n) is 16.4. The van der Waals surface area contributed by atoms with Crippen LogP contribution in [-0.4, -0.2) is 70.8 Å². The zero-order chi connectivity index (χ0) is 20.1. The number of aromatic nitrogens is 7. The summed E-state index contributed by atoms with van der Waals surface area (Å²) in [4.78, 5) is 12.7. The summed E-state index contributed by atoms with van der Waals surface area (Å²) < 4.78 is 4.74. The Morgan fingerprint density at radius 3 is 2.61 bits per heavy atom. The first-order chi connectivity index (χ1) is 13.3. The highest BCUT2D eigenvalue weighted by molar-refractivity contribution is 5.83. The van der Waals surface area contributed by atoms with Gasteiger partial charge >= 0.3 is 0 Å². The molecule has 0 aliphatic carbocycles. The lowest BCUT2D eigenvalue weighted by Crippen LogP contribution is -2.39. The summed E-state index contributed by atoms with van der Waals surface area (Å²) in [6.07, 6.45) is -0.0634. The first-order valence-corrected chi connectivity index (χ1v) is 9.25. The van der Waals surface area contributed by atoms with Crippen LogP contribution in [0.5, 0.6) is 0 Å². The Bertz CT molecular complexity index is 992. The van der Waals surface area contributed by atoms with Crippen molar-refractivity contribution >= 4 is 17.0 Å². The molecule has 2 unspecified atom stereocenters. The Morgan fingerprint density at radius 2 is 1.96 bits per heavy atom. The van der Waals surface area contributed by atoms with Gasteiger partial charge < -0.3 is 15.1 Å². The van der Waals surface area contributed by atoms with E-state index in [-0.39, 0.29) is 12.0 Å². The molecule has 1 saturated heterocycles. The second kappa shape index (κ2) is 6.74. The van der Waals surface area contributed by atoms with E-state index in [1.807, 2.05) is 25.7 Å². The molecule has 0 saturated carbocycles. The van der Waals surface area contributed by atoms with Gasteiger partial charge in [0.05, 0.1) is 18.8 Å². The third-order valence-electron chi connectivity index (χ3n) is 4.95. The van der Waals surface area contributed by atoms with Crippen molar-refractivity contribution in [2.45, 2.75) is 58.2 Å². The van der Waals surface area contributed by atoms with Crippen molar-refractivity contribution < 1.29 is 14.8 Å². The van der Waals surface area contributed by atoms with Crippen LogP contribution in [0.1, 0.15) is 44.4 Å². The van der Waals surface area contributed by atoms with Crippen molar-refractivity contribution in [2.75, 3.05) is 18.1 Å². The standard InChI is InChI=1S/C17H24N8O3/c1-9-10(23-28-22-9)7-25-20-13-14(21-25)18-16(17(2,3)4)19-15(13)24-6-5-12(27)11(24)8-26/h11-12,26-27H,5-8H2,1-4H3. The molecule has 150 valence electrons. The van der Waals surface area contributed by atoms with Crippen LogP contribution in [0.25, 0.3) is 11.2 Å². The molecule has 0 spiro atoms. The molecule has 4 rings (SSSR count). The lowest BCUT2D eigenvalue weighted by atomic mass is 9.96. The van der Waals surface area contributed by atoms with Crippen LogP contribution in [-0.2, 0) is 12.0 Å². The van der Waals surface area contributed by atoms with Crippen LogP contribution in [0.15, 0.2) is 4.63 Å². The summed E-state index contributed by atoms with van der Waals surface area (Å²) in [5, 5.41) is 36.7. The van der Waals surface area contributed by atoms with Crippen molar-refractivity contribution in [3.05, 3.63) is 17.2 Å². The highest BCUT2D eigenvalue weighted by Crippen LogP contribution is 2.31. The van der Waals surface area contributed by atoms with Crippen molar-refractivity contribution in [1.29, 1.82) is 0 Å². The minimum atomic E-state index is -0.619. The van der Waals surface area contributed by atoms with Crippen LogP contribution >= 0.6 is 0 Å². The summed E-state index contributed by atoms with van der Waals surface area (Å²) in [5.41, 5.74) is 1.99.